The Morgan fingerprint density at radius 3 is 1.11 bits per heavy atom. The van der Waals surface area contributed by atoms with Gasteiger partial charge in [-0.05, 0) is 82.1 Å². The average molecular weight is 387 g/mol. The number of hydrogen-bond donors (Lipinski definition) is 0. The molecule has 0 bridgehead atoms. The Balaban J connectivity index is 3.92. The van der Waals surface area contributed by atoms with Crippen molar-refractivity contribution in [3.63, 3.8) is 0 Å². The predicted molar refractivity (Wildman–Crippen MR) is 110 cm³/mol. The Labute approximate surface area is 166 Å². The van der Waals surface area contributed by atoms with E-state index in [2.05, 4.69) is 12.2 Å². The highest BCUT2D eigenvalue weighted by molar-refractivity contribution is 4.90. The van der Waals surface area contributed by atoms with Crippen molar-refractivity contribution in [2.75, 3.05) is 13.2 Å². The minimum absolute atomic E-state index is 0.311. The highest BCUT2D eigenvalue weighted by Gasteiger charge is 2.23. The molecular formula is C22H42O5. The fourth-order valence-corrected chi connectivity index (χ4v) is 1.62. The van der Waals surface area contributed by atoms with E-state index in [0.29, 0.717) is 13.2 Å². The monoisotopic (exact) mass is 386 g/mol. The van der Waals surface area contributed by atoms with Crippen LogP contribution in [0.25, 0.3) is 0 Å². The average Bonchev–Trinajstić information content (AvgIpc) is 2.48. The first kappa shape index (κ1) is 26.3. The van der Waals surface area contributed by atoms with Gasteiger partial charge in [-0.15, -0.1) is 0 Å². The zero-order chi connectivity index (χ0) is 21.2. The molecule has 0 aliphatic heterocycles. The molecule has 0 atom stereocenters. The van der Waals surface area contributed by atoms with Crippen molar-refractivity contribution in [2.24, 2.45) is 0 Å². The Hall–Kier alpha value is -0.720. The fraction of sp³-hybridized carbons (Fsp3) is 0.818. The maximum Gasteiger partial charge on any atom is 0.101 e. The maximum absolute atomic E-state index is 5.57. The molecular weight excluding hydrogens is 344 g/mol. The van der Waals surface area contributed by atoms with Crippen LogP contribution in [0.15, 0.2) is 24.3 Å². The van der Waals surface area contributed by atoms with E-state index in [0.717, 1.165) is 12.8 Å². The van der Waals surface area contributed by atoms with Gasteiger partial charge in [-0.3, -0.25) is 0 Å². The van der Waals surface area contributed by atoms with E-state index >= 15 is 0 Å². The highest BCUT2D eigenvalue weighted by Crippen LogP contribution is 2.20. The van der Waals surface area contributed by atoms with Crippen LogP contribution in [-0.2, 0) is 24.3 Å². The van der Waals surface area contributed by atoms with E-state index in [1.54, 1.807) is 0 Å². The van der Waals surface area contributed by atoms with Crippen LogP contribution in [0.1, 0.15) is 82.1 Å². The summed E-state index contributed by atoms with van der Waals surface area (Å²) in [5.41, 5.74) is -1.36. The van der Waals surface area contributed by atoms with Crippen molar-refractivity contribution in [1.82, 2.24) is 0 Å². The van der Waals surface area contributed by atoms with Gasteiger partial charge in [0.05, 0.1) is 24.4 Å². The van der Waals surface area contributed by atoms with E-state index in [1.165, 1.54) is 0 Å². The molecule has 0 heterocycles. The van der Waals surface area contributed by atoms with Crippen LogP contribution in [-0.4, -0.2) is 35.6 Å². The number of ether oxygens (including phenoxy) is 1. The Morgan fingerprint density at radius 2 is 0.815 bits per heavy atom. The molecule has 0 aromatic carbocycles. The van der Waals surface area contributed by atoms with Crippen LogP contribution in [0, 0.1) is 0 Å². The van der Waals surface area contributed by atoms with Crippen LogP contribution in [0.4, 0.5) is 0 Å². The highest BCUT2D eigenvalue weighted by atomic mass is 17.2. The molecule has 5 nitrogen and oxygen atoms in total. The Bertz CT molecular complexity index is 408. The van der Waals surface area contributed by atoms with Gasteiger partial charge in [0, 0.05) is 0 Å². The van der Waals surface area contributed by atoms with Crippen LogP contribution in [0.2, 0.25) is 0 Å². The van der Waals surface area contributed by atoms with E-state index in [9.17, 15) is 0 Å². The van der Waals surface area contributed by atoms with Gasteiger partial charge in [-0.25, -0.2) is 19.6 Å². The Morgan fingerprint density at radius 1 is 0.481 bits per heavy atom. The molecule has 0 aromatic heterocycles. The molecule has 0 aliphatic rings. The summed E-state index contributed by atoms with van der Waals surface area (Å²) >= 11 is 0. The quantitative estimate of drug-likeness (QED) is 0.180. The number of rotatable bonds is 12. The second-order valence-corrected chi connectivity index (χ2v) is 9.97. The van der Waals surface area contributed by atoms with Gasteiger partial charge in [0.1, 0.15) is 11.2 Å². The lowest BCUT2D eigenvalue weighted by Gasteiger charge is -2.27. The molecule has 0 amide bonds. The molecule has 0 saturated carbocycles. The second-order valence-electron chi connectivity index (χ2n) is 9.97. The lowest BCUT2D eigenvalue weighted by atomic mass is 10.1. The third-order valence-electron chi connectivity index (χ3n) is 3.01. The van der Waals surface area contributed by atoms with E-state index < -0.39 is 0 Å². The number of hydrogen-bond acceptors (Lipinski definition) is 5. The lowest BCUT2D eigenvalue weighted by Crippen LogP contribution is -2.30. The van der Waals surface area contributed by atoms with Gasteiger partial charge in [-0.2, -0.15) is 0 Å². The van der Waals surface area contributed by atoms with Crippen LogP contribution >= 0.6 is 0 Å². The van der Waals surface area contributed by atoms with Crippen molar-refractivity contribution < 1.29 is 24.3 Å². The van der Waals surface area contributed by atoms with Gasteiger partial charge in [0.2, 0.25) is 0 Å². The largest absolute Gasteiger partial charge is 0.373 e. The second kappa shape index (κ2) is 11.3. The van der Waals surface area contributed by atoms with Crippen LogP contribution in [0.5, 0.6) is 0 Å². The first-order chi connectivity index (χ1) is 12.1. The van der Waals surface area contributed by atoms with Crippen molar-refractivity contribution in [3.8, 4) is 0 Å². The molecule has 27 heavy (non-hydrogen) atoms. The summed E-state index contributed by atoms with van der Waals surface area (Å²) in [6, 6.07) is 0. The molecule has 0 unspecified atom stereocenters. The summed E-state index contributed by atoms with van der Waals surface area (Å²) in [6.45, 7) is 20.9. The van der Waals surface area contributed by atoms with Gasteiger partial charge < -0.3 is 4.74 Å². The third-order valence-corrected chi connectivity index (χ3v) is 3.01. The molecule has 5 heteroatoms. The van der Waals surface area contributed by atoms with E-state index in [4.69, 9.17) is 24.3 Å². The maximum atomic E-state index is 5.57. The van der Waals surface area contributed by atoms with Gasteiger partial charge in [0.25, 0.3) is 0 Å². The lowest BCUT2D eigenvalue weighted by molar-refractivity contribution is -0.396. The summed E-state index contributed by atoms with van der Waals surface area (Å²) in [4.78, 5) is 21.8. The van der Waals surface area contributed by atoms with Crippen molar-refractivity contribution in [3.05, 3.63) is 24.3 Å². The minimum Gasteiger partial charge on any atom is -0.373 e. The van der Waals surface area contributed by atoms with Crippen molar-refractivity contribution in [2.45, 2.75) is 104 Å². The zero-order valence-corrected chi connectivity index (χ0v) is 19.2. The summed E-state index contributed by atoms with van der Waals surface area (Å²) in [5, 5.41) is 0. The topological polar surface area (TPSA) is 46.2 Å². The first-order valence-electron chi connectivity index (χ1n) is 9.73. The van der Waals surface area contributed by atoms with Crippen LogP contribution < -0.4 is 0 Å². The van der Waals surface area contributed by atoms with Gasteiger partial charge >= 0.3 is 0 Å². The molecule has 0 rings (SSSR count). The predicted octanol–water partition coefficient (Wildman–Crippen LogP) is 5.95. The smallest absolute Gasteiger partial charge is 0.101 e. The van der Waals surface area contributed by atoms with E-state index in [1.807, 2.05) is 81.4 Å². The standard InChI is InChI=1S/C22H42O5/c1-19(2,3)24-26-21(7,8)15-11-13-17-23-18-14-12-16-22(9,10)27-25-20(4,5)6/h11-14H,15-18H2,1-10H3. The summed E-state index contributed by atoms with van der Waals surface area (Å²) < 4.78 is 5.57. The molecule has 0 spiro atoms. The van der Waals surface area contributed by atoms with Gasteiger partial charge in [0.15, 0.2) is 0 Å². The summed E-state index contributed by atoms with van der Waals surface area (Å²) in [6.07, 6.45) is 9.61. The molecule has 160 valence electrons. The normalized spacial score (nSPS) is 14.6. The third kappa shape index (κ3) is 18.4. The molecule has 0 N–H and O–H groups in total. The Kier molecular flexibility index (Phi) is 11.0. The zero-order valence-electron chi connectivity index (χ0n) is 19.2. The summed E-state index contributed by atoms with van der Waals surface area (Å²) in [7, 11) is 0. The first-order valence-corrected chi connectivity index (χ1v) is 9.73. The van der Waals surface area contributed by atoms with Crippen LogP contribution in [0.3, 0.4) is 0 Å². The van der Waals surface area contributed by atoms with E-state index in [-0.39, 0.29) is 22.4 Å². The molecule has 0 saturated heterocycles. The SMILES string of the molecule is CC(C)(C)OOC(C)(C)CC=CCOCC=CCC(C)(C)OOC(C)(C)C. The fourth-order valence-electron chi connectivity index (χ4n) is 1.62. The minimum atomic E-state index is -0.371. The van der Waals surface area contributed by atoms with Gasteiger partial charge in [-0.1, -0.05) is 24.3 Å². The molecule has 0 aromatic rings. The summed E-state index contributed by atoms with van der Waals surface area (Å²) in [5.74, 6) is 0. The molecule has 0 radical (unpaired) electrons. The van der Waals surface area contributed by atoms with Crippen molar-refractivity contribution in [1.29, 1.82) is 0 Å². The molecule has 0 aliphatic carbocycles. The van der Waals surface area contributed by atoms with Crippen molar-refractivity contribution >= 4 is 0 Å². The molecule has 0 fully saturated rings.